The van der Waals surface area contributed by atoms with Gasteiger partial charge in [0.25, 0.3) is 0 Å². The molecule has 0 bridgehead atoms. The molecule has 2 unspecified atom stereocenters. The van der Waals surface area contributed by atoms with Crippen LogP contribution in [0.4, 0.5) is 0 Å². The summed E-state index contributed by atoms with van der Waals surface area (Å²) in [5, 5.41) is 5.20. The van der Waals surface area contributed by atoms with Crippen molar-refractivity contribution in [3.8, 4) is 0 Å². The molecule has 0 spiro atoms. The lowest BCUT2D eigenvalue weighted by molar-refractivity contribution is -0.157. The molecule has 0 N–H and O–H groups in total. The predicted molar refractivity (Wildman–Crippen MR) is 144 cm³/mol. The number of hydrogen-bond donors (Lipinski definition) is 0. The van der Waals surface area contributed by atoms with E-state index in [0.717, 1.165) is 60.5 Å². The fraction of sp³-hybridized carbons (Fsp3) is 0.500. The molecule has 35 heavy (non-hydrogen) atoms. The van der Waals surface area contributed by atoms with E-state index in [9.17, 15) is 4.79 Å². The number of esters is 1. The maximum Gasteiger partial charge on any atom is 0.311 e. The summed E-state index contributed by atoms with van der Waals surface area (Å²) in [6.07, 6.45) is 2.65. The van der Waals surface area contributed by atoms with E-state index < -0.39 is 0 Å². The lowest BCUT2D eigenvalue weighted by Gasteiger charge is -2.37. The Morgan fingerprint density at radius 3 is 2.57 bits per heavy atom. The van der Waals surface area contributed by atoms with E-state index in [0.29, 0.717) is 21.1 Å². The van der Waals surface area contributed by atoms with E-state index in [1.165, 1.54) is 11.1 Å². The number of oxime groups is 1. The Morgan fingerprint density at radius 1 is 1.23 bits per heavy atom. The molecule has 4 rings (SSSR count). The van der Waals surface area contributed by atoms with Crippen LogP contribution in [0.25, 0.3) is 0 Å². The average Bonchev–Trinajstić information content (AvgIpc) is 3.33. The first-order chi connectivity index (χ1) is 16.8. The van der Waals surface area contributed by atoms with Crippen molar-refractivity contribution in [3.63, 3.8) is 0 Å². The van der Waals surface area contributed by atoms with Crippen LogP contribution in [0.3, 0.4) is 0 Å². The number of hydrogen-bond acceptors (Lipinski definition) is 5. The van der Waals surface area contributed by atoms with Crippen LogP contribution in [0.15, 0.2) is 47.6 Å². The molecule has 0 aliphatic carbocycles. The summed E-state index contributed by atoms with van der Waals surface area (Å²) < 4.78 is 5.28. The third kappa shape index (κ3) is 6.44. The normalized spacial score (nSPS) is 20.6. The van der Waals surface area contributed by atoms with Crippen LogP contribution in [-0.2, 0) is 27.3 Å². The minimum atomic E-state index is -0.354. The highest BCUT2D eigenvalue weighted by Gasteiger charge is 2.38. The summed E-state index contributed by atoms with van der Waals surface area (Å²) in [6.45, 7) is 11.4. The molecule has 0 saturated carbocycles. The van der Waals surface area contributed by atoms with Crippen LogP contribution >= 0.6 is 20.2 Å². The van der Waals surface area contributed by atoms with Crippen LogP contribution in [-0.4, -0.2) is 36.0 Å². The molecule has 5 nitrogen and oxygen atoms in total. The Kier molecular flexibility index (Phi) is 8.52. The van der Waals surface area contributed by atoms with Gasteiger partial charge in [-0.2, -0.15) is 0 Å². The molecule has 2 atom stereocenters. The third-order valence-electron chi connectivity index (χ3n) is 6.89. The fourth-order valence-corrected chi connectivity index (χ4v) is 6.04. The van der Waals surface area contributed by atoms with Gasteiger partial charge in [-0.15, -0.1) is 0 Å². The Bertz CT molecular complexity index is 1060. The average molecular weight is 515 g/mol. The van der Waals surface area contributed by atoms with E-state index in [1.807, 2.05) is 19.9 Å². The van der Waals surface area contributed by atoms with Crippen molar-refractivity contribution in [3.05, 3.63) is 69.7 Å². The Labute approximate surface area is 216 Å². The van der Waals surface area contributed by atoms with Gasteiger partial charge in [0.15, 0.2) is 5.85 Å². The lowest BCUT2D eigenvalue weighted by atomic mass is 9.80. The van der Waals surface area contributed by atoms with Crippen molar-refractivity contribution in [2.75, 3.05) is 19.7 Å². The number of carbonyl (C=O) groups is 1. The maximum atomic E-state index is 12.3. The van der Waals surface area contributed by atoms with Crippen LogP contribution in [0.1, 0.15) is 68.6 Å². The van der Waals surface area contributed by atoms with E-state index >= 15 is 0 Å². The predicted octanol–water partition coefficient (Wildman–Crippen LogP) is 6.77. The van der Waals surface area contributed by atoms with Crippen molar-refractivity contribution in [1.29, 1.82) is 0 Å². The van der Waals surface area contributed by atoms with E-state index in [1.54, 1.807) is 0 Å². The molecule has 7 heteroatoms. The van der Waals surface area contributed by atoms with Crippen molar-refractivity contribution in [1.82, 2.24) is 4.90 Å². The third-order valence-corrected chi connectivity index (χ3v) is 8.59. The maximum absolute atomic E-state index is 12.3. The van der Waals surface area contributed by atoms with E-state index in [-0.39, 0.29) is 17.2 Å². The van der Waals surface area contributed by atoms with Gasteiger partial charge in [0, 0.05) is 22.7 Å². The zero-order chi connectivity index (χ0) is 25.0. The number of piperidine rings is 1. The minimum absolute atomic E-state index is 0.0588. The monoisotopic (exact) mass is 514 g/mol. The lowest BCUT2D eigenvalue weighted by Crippen LogP contribution is -2.43. The standard InChI is InChI=1S/C28H36ClN2O3P/c1-5-33-27(32)28(4)12-14-31(15-13-28)18-20-6-8-21(9-7-20)25-30-34-26(35-25)23-11-10-22(16-19(2)3)24(29)17-23/h6-11,17,19,26,35H,5,12-16,18H2,1-4H3. The van der Waals surface area contributed by atoms with Gasteiger partial charge >= 0.3 is 5.97 Å². The van der Waals surface area contributed by atoms with Gasteiger partial charge in [-0.3, -0.25) is 9.69 Å². The van der Waals surface area contributed by atoms with E-state index in [4.69, 9.17) is 21.2 Å². The first kappa shape index (κ1) is 26.1. The smallest absolute Gasteiger partial charge is 0.311 e. The Balaban J connectivity index is 1.31. The van der Waals surface area contributed by atoms with Gasteiger partial charge < -0.3 is 9.57 Å². The van der Waals surface area contributed by atoms with Gasteiger partial charge in [-0.05, 0) is 77.9 Å². The largest absolute Gasteiger partial charge is 0.466 e. The van der Waals surface area contributed by atoms with Gasteiger partial charge in [0.05, 0.1) is 12.0 Å². The molecule has 2 aliphatic heterocycles. The number of carbonyl (C=O) groups excluding carboxylic acids is 1. The molecule has 1 saturated heterocycles. The second-order valence-corrected chi connectivity index (χ2v) is 12.0. The number of likely N-dealkylation sites (tertiary alicyclic amines) is 1. The molecule has 188 valence electrons. The zero-order valence-corrected chi connectivity index (χ0v) is 22.9. The van der Waals surface area contributed by atoms with Crippen molar-refractivity contribution in [2.45, 2.75) is 59.3 Å². The van der Waals surface area contributed by atoms with Crippen LogP contribution < -0.4 is 0 Å². The van der Waals surface area contributed by atoms with Gasteiger partial charge in [0.1, 0.15) is 5.45 Å². The van der Waals surface area contributed by atoms with Crippen molar-refractivity contribution in [2.24, 2.45) is 16.5 Å². The fourth-order valence-electron chi connectivity index (χ4n) is 4.63. The van der Waals surface area contributed by atoms with Gasteiger partial charge in [0.2, 0.25) is 0 Å². The molecular weight excluding hydrogens is 479 g/mol. The summed E-state index contributed by atoms with van der Waals surface area (Å²) in [7, 11) is 0.442. The summed E-state index contributed by atoms with van der Waals surface area (Å²) in [5.41, 5.74) is 5.27. The number of halogens is 1. The number of rotatable bonds is 8. The van der Waals surface area contributed by atoms with Crippen LogP contribution in [0.2, 0.25) is 5.02 Å². The summed E-state index contributed by atoms with van der Waals surface area (Å²) in [5.74, 6) is 0.439. The first-order valence-electron chi connectivity index (χ1n) is 12.5. The Morgan fingerprint density at radius 2 is 1.94 bits per heavy atom. The quantitative estimate of drug-likeness (QED) is 0.288. The second-order valence-electron chi connectivity index (χ2n) is 10.3. The van der Waals surface area contributed by atoms with E-state index in [2.05, 4.69) is 60.3 Å². The second kappa shape index (κ2) is 11.4. The van der Waals surface area contributed by atoms with Crippen molar-refractivity contribution >= 4 is 31.6 Å². The number of ether oxygens (including phenoxy) is 1. The van der Waals surface area contributed by atoms with Crippen LogP contribution in [0, 0.1) is 11.3 Å². The molecule has 0 radical (unpaired) electrons. The zero-order valence-electron chi connectivity index (χ0n) is 21.1. The summed E-state index contributed by atoms with van der Waals surface area (Å²) in [4.78, 5) is 20.5. The highest BCUT2D eigenvalue weighted by molar-refractivity contribution is 7.59. The summed E-state index contributed by atoms with van der Waals surface area (Å²) >= 11 is 6.53. The number of nitrogens with zero attached hydrogens (tertiary/aromatic N) is 2. The molecule has 0 amide bonds. The first-order valence-corrected chi connectivity index (χ1v) is 14.0. The SMILES string of the molecule is CCOC(=O)C1(C)CCN(Cc2ccc(C3=NOC(c4ccc(CC(C)C)c(Cl)c4)P3)cc2)CC1. The Hall–Kier alpha value is -1.94. The highest BCUT2D eigenvalue weighted by Crippen LogP contribution is 2.45. The summed E-state index contributed by atoms with van der Waals surface area (Å²) in [6, 6.07) is 14.9. The molecule has 2 heterocycles. The molecule has 0 aromatic heterocycles. The molecule has 2 aromatic rings. The molecule has 2 aromatic carbocycles. The van der Waals surface area contributed by atoms with Crippen LogP contribution in [0.5, 0.6) is 0 Å². The molecule has 2 aliphatic rings. The number of benzene rings is 2. The molecular formula is C28H36ClN2O3P. The van der Waals surface area contributed by atoms with Crippen molar-refractivity contribution < 1.29 is 14.4 Å². The topological polar surface area (TPSA) is 51.1 Å². The highest BCUT2D eigenvalue weighted by atomic mass is 35.5. The van der Waals surface area contributed by atoms with Gasteiger partial charge in [-0.1, -0.05) is 67.0 Å². The van der Waals surface area contributed by atoms with Gasteiger partial charge in [-0.25, -0.2) is 0 Å². The molecule has 1 fully saturated rings. The minimum Gasteiger partial charge on any atom is -0.466 e.